The van der Waals surface area contributed by atoms with E-state index in [1.807, 2.05) is 6.92 Å². The Morgan fingerprint density at radius 1 is 1.27 bits per heavy atom. The number of carbonyl (C=O) groups is 1. The van der Waals surface area contributed by atoms with Crippen molar-refractivity contribution in [2.24, 2.45) is 0 Å². The molecule has 2 aromatic rings. The molecule has 0 radical (unpaired) electrons. The largest absolute Gasteiger partial charge is 0.483 e. The Morgan fingerprint density at radius 2 is 2.00 bits per heavy atom. The van der Waals surface area contributed by atoms with Crippen LogP contribution in [0.5, 0.6) is 5.75 Å². The van der Waals surface area contributed by atoms with Gasteiger partial charge in [0.1, 0.15) is 11.3 Å². The third-order valence-corrected chi connectivity index (χ3v) is 6.38. The molecule has 8 heteroatoms. The van der Waals surface area contributed by atoms with E-state index in [1.165, 1.54) is 0 Å². The van der Waals surface area contributed by atoms with Gasteiger partial charge < -0.3 is 14.5 Å². The fourth-order valence-electron chi connectivity index (χ4n) is 3.12. The van der Waals surface area contributed by atoms with Crippen molar-refractivity contribution < 1.29 is 22.4 Å². The highest BCUT2D eigenvalue weighted by atomic mass is 32.2. The van der Waals surface area contributed by atoms with Gasteiger partial charge in [0, 0.05) is 11.6 Å². The van der Waals surface area contributed by atoms with Gasteiger partial charge in [0.05, 0.1) is 16.9 Å². The molecule has 1 saturated heterocycles. The molecule has 1 aromatic heterocycles. The number of amides is 1. The highest BCUT2D eigenvalue weighted by Crippen LogP contribution is 2.30. The number of fused-ring (bicyclic) bond motifs is 1. The first-order chi connectivity index (χ1) is 12.2. The van der Waals surface area contributed by atoms with E-state index in [9.17, 15) is 18.0 Å². The first-order valence-corrected chi connectivity index (χ1v) is 10.2. The van der Waals surface area contributed by atoms with E-state index >= 15 is 0 Å². The zero-order valence-corrected chi connectivity index (χ0v) is 15.7. The van der Waals surface area contributed by atoms with Crippen molar-refractivity contribution >= 4 is 26.7 Å². The summed E-state index contributed by atoms with van der Waals surface area (Å²) in [5.74, 6) is 0.140. The fraction of sp³-hybridized carbons (Fsp3) is 0.444. The Morgan fingerprint density at radius 3 is 2.65 bits per heavy atom. The molecule has 2 heterocycles. The zero-order chi connectivity index (χ0) is 19.1. The number of ether oxygens (including phenoxy) is 1. The van der Waals surface area contributed by atoms with Gasteiger partial charge in [-0.3, -0.25) is 4.79 Å². The van der Waals surface area contributed by atoms with Crippen molar-refractivity contribution in [2.75, 3.05) is 18.1 Å². The average molecular weight is 379 g/mol. The Labute approximate surface area is 151 Å². The molecule has 0 aliphatic carbocycles. The van der Waals surface area contributed by atoms with Gasteiger partial charge in [0.2, 0.25) is 0 Å². The van der Waals surface area contributed by atoms with Crippen molar-refractivity contribution in [2.45, 2.75) is 33.2 Å². The second kappa shape index (κ2) is 6.75. The van der Waals surface area contributed by atoms with Crippen LogP contribution in [0, 0.1) is 20.8 Å². The second-order valence-corrected chi connectivity index (χ2v) is 8.96. The van der Waals surface area contributed by atoms with Crippen LogP contribution < -0.4 is 15.7 Å². The predicted molar refractivity (Wildman–Crippen MR) is 97.4 cm³/mol. The lowest BCUT2D eigenvalue weighted by atomic mass is 10.0. The maximum absolute atomic E-state index is 12.1. The maximum atomic E-state index is 12.1. The number of aryl methyl sites for hydroxylation is 2. The minimum atomic E-state index is -3.05. The van der Waals surface area contributed by atoms with Crippen molar-refractivity contribution in [1.82, 2.24) is 5.32 Å². The molecule has 1 atom stereocenters. The third-order valence-electron chi connectivity index (χ3n) is 4.61. The van der Waals surface area contributed by atoms with Gasteiger partial charge in [0.15, 0.2) is 16.4 Å². The van der Waals surface area contributed by atoms with E-state index in [0.29, 0.717) is 28.7 Å². The Hall–Kier alpha value is -2.35. The van der Waals surface area contributed by atoms with Gasteiger partial charge in [-0.2, -0.15) is 0 Å². The topological polar surface area (TPSA) is 103 Å². The predicted octanol–water partition coefficient (Wildman–Crippen LogP) is 1.40. The smallest absolute Gasteiger partial charge is 0.339 e. The summed E-state index contributed by atoms with van der Waals surface area (Å²) in [5.41, 5.74) is 2.09. The van der Waals surface area contributed by atoms with Crippen LogP contribution in [-0.4, -0.2) is 38.5 Å². The van der Waals surface area contributed by atoms with E-state index in [2.05, 4.69) is 5.32 Å². The van der Waals surface area contributed by atoms with Crippen LogP contribution in [0.1, 0.15) is 23.1 Å². The summed E-state index contributed by atoms with van der Waals surface area (Å²) in [5, 5.41) is 3.34. The Bertz CT molecular complexity index is 1040. The van der Waals surface area contributed by atoms with Crippen molar-refractivity contribution in [3.63, 3.8) is 0 Å². The molecule has 0 spiro atoms. The first-order valence-electron chi connectivity index (χ1n) is 8.33. The first kappa shape index (κ1) is 18.4. The minimum Gasteiger partial charge on any atom is -0.483 e. The number of sulfone groups is 1. The molecule has 1 N–H and O–H groups in total. The summed E-state index contributed by atoms with van der Waals surface area (Å²) in [6.45, 7) is 5.08. The molecule has 1 amide bonds. The number of carbonyl (C=O) groups excluding carboxylic acids is 1. The van der Waals surface area contributed by atoms with E-state index in [1.54, 1.807) is 26.0 Å². The van der Waals surface area contributed by atoms with Crippen molar-refractivity contribution in [1.29, 1.82) is 0 Å². The summed E-state index contributed by atoms with van der Waals surface area (Å²) < 4.78 is 33.9. The monoisotopic (exact) mass is 379 g/mol. The third kappa shape index (κ3) is 3.75. The molecule has 26 heavy (non-hydrogen) atoms. The van der Waals surface area contributed by atoms with Gasteiger partial charge in [-0.25, -0.2) is 13.2 Å². The lowest BCUT2D eigenvalue weighted by Crippen LogP contribution is -2.38. The van der Waals surface area contributed by atoms with Gasteiger partial charge in [-0.05, 0) is 50.5 Å². The van der Waals surface area contributed by atoms with Crippen LogP contribution in [0.3, 0.4) is 0 Å². The van der Waals surface area contributed by atoms with Crippen molar-refractivity contribution in [3.05, 3.63) is 39.2 Å². The highest BCUT2D eigenvalue weighted by Gasteiger charge is 2.29. The number of benzene rings is 1. The van der Waals surface area contributed by atoms with E-state index in [0.717, 1.165) is 11.1 Å². The molecule has 0 saturated carbocycles. The minimum absolute atomic E-state index is 0.0322. The normalized spacial score (nSPS) is 18.8. The summed E-state index contributed by atoms with van der Waals surface area (Å²) in [7, 11) is -3.05. The molecule has 140 valence electrons. The average Bonchev–Trinajstić information content (AvgIpc) is 2.88. The molecule has 0 unspecified atom stereocenters. The molecule has 1 aliphatic rings. The molecule has 1 aliphatic heterocycles. The maximum Gasteiger partial charge on any atom is 0.339 e. The number of hydrogen-bond donors (Lipinski definition) is 1. The summed E-state index contributed by atoms with van der Waals surface area (Å²) in [6, 6.07) is 3.16. The quantitative estimate of drug-likeness (QED) is 0.806. The lowest BCUT2D eigenvalue weighted by Gasteiger charge is -2.14. The molecule has 1 fully saturated rings. The SMILES string of the molecule is Cc1cc(OCC(=O)N[C@@H]2CCS(=O)(=O)C2)c2c(C)c(C)c(=O)oc2c1. The Balaban J connectivity index is 1.79. The molecule has 3 rings (SSSR count). The lowest BCUT2D eigenvalue weighted by molar-refractivity contribution is -0.123. The van der Waals surface area contributed by atoms with Crippen molar-refractivity contribution in [3.8, 4) is 5.75 Å². The standard InChI is InChI=1S/C18H21NO6S/c1-10-6-14(17-11(2)12(3)18(21)25-15(17)7-10)24-8-16(20)19-13-4-5-26(22,23)9-13/h6-7,13H,4-5,8-9H2,1-3H3,(H,19,20)/t13-/m1/s1. The number of rotatable bonds is 4. The second-order valence-electron chi connectivity index (χ2n) is 6.73. The van der Waals surface area contributed by atoms with Crippen LogP contribution in [0.4, 0.5) is 0 Å². The molecule has 1 aromatic carbocycles. The fourth-order valence-corrected chi connectivity index (χ4v) is 4.80. The molecular weight excluding hydrogens is 358 g/mol. The van der Waals surface area contributed by atoms with Crippen LogP contribution >= 0.6 is 0 Å². The van der Waals surface area contributed by atoms with Gasteiger partial charge in [-0.1, -0.05) is 0 Å². The van der Waals surface area contributed by atoms with E-state index in [-0.39, 0.29) is 30.1 Å². The summed E-state index contributed by atoms with van der Waals surface area (Å²) in [6.07, 6.45) is 0.422. The zero-order valence-electron chi connectivity index (χ0n) is 14.9. The van der Waals surface area contributed by atoms with E-state index in [4.69, 9.17) is 9.15 Å². The van der Waals surface area contributed by atoms with Crippen LogP contribution in [0.15, 0.2) is 21.3 Å². The number of hydrogen-bond acceptors (Lipinski definition) is 6. The molecule has 0 bridgehead atoms. The van der Waals surface area contributed by atoms with Crippen LogP contribution in [0.25, 0.3) is 11.0 Å². The molecule has 7 nitrogen and oxygen atoms in total. The summed E-state index contributed by atoms with van der Waals surface area (Å²) in [4.78, 5) is 24.0. The van der Waals surface area contributed by atoms with Gasteiger partial charge >= 0.3 is 5.63 Å². The van der Waals surface area contributed by atoms with E-state index < -0.39 is 15.5 Å². The Kier molecular flexibility index (Phi) is 4.79. The van der Waals surface area contributed by atoms with Crippen LogP contribution in [0.2, 0.25) is 0 Å². The van der Waals surface area contributed by atoms with Crippen LogP contribution in [-0.2, 0) is 14.6 Å². The molecular formula is C18H21NO6S. The van der Waals surface area contributed by atoms with Gasteiger partial charge in [0.25, 0.3) is 5.91 Å². The summed E-state index contributed by atoms with van der Waals surface area (Å²) >= 11 is 0. The highest BCUT2D eigenvalue weighted by molar-refractivity contribution is 7.91. The van der Waals surface area contributed by atoms with Gasteiger partial charge in [-0.15, -0.1) is 0 Å². The number of nitrogens with one attached hydrogen (secondary N) is 1.